The number of amidine groups is 1. The summed E-state index contributed by atoms with van der Waals surface area (Å²) in [5.41, 5.74) is 1.79. The summed E-state index contributed by atoms with van der Waals surface area (Å²) in [6, 6.07) is 16.7. The van der Waals surface area contributed by atoms with Crippen molar-refractivity contribution < 1.29 is 13.2 Å². The number of sulfone groups is 1. The molecule has 146 valence electrons. The molecular weight excluding hydrogens is 416 g/mol. The SMILES string of the molecule is O=C(Cc1ccccc1)N=C1S[C@H]2CS(=O)(=O)C[C@H]2N1Cc1ccccc1Cl. The van der Waals surface area contributed by atoms with Crippen LogP contribution in [-0.4, -0.2) is 47.2 Å². The van der Waals surface area contributed by atoms with Crippen LogP contribution in [-0.2, 0) is 27.6 Å². The number of aliphatic imine (C=N–C) groups is 1. The predicted molar refractivity (Wildman–Crippen MR) is 113 cm³/mol. The molecule has 0 spiro atoms. The minimum atomic E-state index is -3.08. The molecule has 2 aliphatic heterocycles. The van der Waals surface area contributed by atoms with Crippen molar-refractivity contribution in [2.24, 2.45) is 4.99 Å². The van der Waals surface area contributed by atoms with Crippen molar-refractivity contribution in [3.63, 3.8) is 0 Å². The van der Waals surface area contributed by atoms with Gasteiger partial charge in [-0.25, -0.2) is 8.42 Å². The van der Waals surface area contributed by atoms with Gasteiger partial charge < -0.3 is 4.90 Å². The normalized spacial score (nSPS) is 24.5. The number of rotatable bonds is 4. The first-order chi connectivity index (χ1) is 13.4. The lowest BCUT2D eigenvalue weighted by Crippen LogP contribution is -2.37. The van der Waals surface area contributed by atoms with Gasteiger partial charge in [-0.15, -0.1) is 0 Å². The van der Waals surface area contributed by atoms with E-state index in [1.807, 2.05) is 53.4 Å². The summed E-state index contributed by atoms with van der Waals surface area (Å²) in [7, 11) is -3.08. The number of nitrogens with zero attached hydrogens (tertiary/aromatic N) is 2. The number of fused-ring (bicyclic) bond motifs is 1. The summed E-state index contributed by atoms with van der Waals surface area (Å²) in [5.74, 6) is -0.0328. The highest BCUT2D eigenvalue weighted by molar-refractivity contribution is 8.15. The van der Waals surface area contributed by atoms with E-state index >= 15 is 0 Å². The van der Waals surface area contributed by atoms with Crippen molar-refractivity contribution in [1.82, 2.24) is 4.90 Å². The third kappa shape index (κ3) is 4.26. The van der Waals surface area contributed by atoms with Crippen LogP contribution in [0.5, 0.6) is 0 Å². The molecule has 0 aromatic heterocycles. The van der Waals surface area contributed by atoms with Crippen LogP contribution in [0.2, 0.25) is 5.02 Å². The molecule has 0 bridgehead atoms. The Kier molecular flexibility index (Phi) is 5.49. The number of amides is 1. The molecule has 28 heavy (non-hydrogen) atoms. The first kappa shape index (κ1) is 19.5. The maximum absolute atomic E-state index is 12.5. The lowest BCUT2D eigenvalue weighted by Gasteiger charge is -2.25. The van der Waals surface area contributed by atoms with E-state index in [-0.39, 0.29) is 35.1 Å². The van der Waals surface area contributed by atoms with Gasteiger partial charge in [-0.2, -0.15) is 4.99 Å². The van der Waals surface area contributed by atoms with Crippen LogP contribution < -0.4 is 0 Å². The molecule has 0 radical (unpaired) electrons. The molecule has 2 aromatic rings. The number of halogens is 1. The first-order valence-corrected chi connectivity index (χ1v) is 12.0. The highest BCUT2D eigenvalue weighted by Crippen LogP contribution is 2.39. The van der Waals surface area contributed by atoms with Gasteiger partial charge in [0.25, 0.3) is 5.91 Å². The first-order valence-electron chi connectivity index (χ1n) is 8.94. The minimum absolute atomic E-state index is 0.0843. The van der Waals surface area contributed by atoms with Crippen LogP contribution >= 0.6 is 23.4 Å². The molecule has 0 unspecified atom stereocenters. The number of thioether (sulfide) groups is 1. The second kappa shape index (κ2) is 7.89. The van der Waals surface area contributed by atoms with Gasteiger partial charge in [0, 0.05) is 16.8 Å². The quantitative estimate of drug-likeness (QED) is 0.739. The standard InChI is InChI=1S/C20H19ClN2O3S2/c21-16-9-5-4-8-15(16)11-23-17-12-28(25,26)13-18(17)27-20(23)22-19(24)10-14-6-2-1-3-7-14/h1-9,17-18H,10-13H2/t17-,18+/m1/s1. The molecule has 2 saturated heterocycles. The van der Waals surface area contributed by atoms with Gasteiger partial charge >= 0.3 is 0 Å². The van der Waals surface area contributed by atoms with Crippen molar-refractivity contribution in [3.05, 3.63) is 70.7 Å². The zero-order chi connectivity index (χ0) is 19.7. The summed E-state index contributed by atoms with van der Waals surface area (Å²) >= 11 is 7.69. The lowest BCUT2D eigenvalue weighted by molar-refractivity contribution is -0.117. The van der Waals surface area contributed by atoms with Crippen molar-refractivity contribution in [2.45, 2.75) is 24.3 Å². The molecule has 0 N–H and O–H groups in total. The molecule has 0 saturated carbocycles. The smallest absolute Gasteiger partial charge is 0.252 e. The molecule has 1 amide bonds. The van der Waals surface area contributed by atoms with Crippen molar-refractivity contribution in [3.8, 4) is 0 Å². The summed E-state index contributed by atoms with van der Waals surface area (Å²) in [6.07, 6.45) is 0.221. The molecule has 2 atom stereocenters. The Labute approximate surface area is 173 Å². The van der Waals surface area contributed by atoms with E-state index < -0.39 is 9.84 Å². The van der Waals surface area contributed by atoms with Crippen molar-refractivity contribution in [2.75, 3.05) is 11.5 Å². The third-order valence-corrected chi connectivity index (χ3v) is 8.51. The summed E-state index contributed by atoms with van der Waals surface area (Å²) in [6.45, 7) is 0.431. The molecule has 2 aliphatic rings. The fourth-order valence-corrected chi connectivity index (χ4v) is 7.71. The van der Waals surface area contributed by atoms with Crippen molar-refractivity contribution >= 4 is 44.3 Å². The average Bonchev–Trinajstić information content (AvgIpc) is 3.10. The molecule has 2 fully saturated rings. The van der Waals surface area contributed by atoms with Crippen LogP contribution in [0.25, 0.3) is 0 Å². The highest BCUT2D eigenvalue weighted by atomic mass is 35.5. The zero-order valence-electron chi connectivity index (χ0n) is 15.0. The van der Waals surface area contributed by atoms with E-state index in [9.17, 15) is 13.2 Å². The second-order valence-electron chi connectivity index (χ2n) is 6.97. The summed E-state index contributed by atoms with van der Waals surface area (Å²) in [5, 5.41) is 1.10. The van der Waals surface area contributed by atoms with E-state index in [2.05, 4.69) is 4.99 Å². The van der Waals surface area contributed by atoms with Crippen LogP contribution in [0.1, 0.15) is 11.1 Å². The third-order valence-electron chi connectivity index (χ3n) is 4.89. The molecule has 8 heteroatoms. The van der Waals surface area contributed by atoms with Crippen LogP contribution in [0.15, 0.2) is 59.6 Å². The van der Waals surface area contributed by atoms with Gasteiger partial charge in [-0.1, -0.05) is 71.9 Å². The Balaban J connectivity index is 1.60. The summed E-state index contributed by atoms with van der Waals surface area (Å²) in [4.78, 5) is 18.8. The number of carbonyl (C=O) groups is 1. The van der Waals surface area contributed by atoms with Crippen LogP contribution in [0.3, 0.4) is 0 Å². The summed E-state index contributed by atoms with van der Waals surface area (Å²) < 4.78 is 24.2. The van der Waals surface area contributed by atoms with Gasteiger partial charge in [0.1, 0.15) is 0 Å². The second-order valence-corrected chi connectivity index (χ2v) is 10.7. The van der Waals surface area contributed by atoms with Gasteiger partial charge in [0.15, 0.2) is 15.0 Å². The van der Waals surface area contributed by atoms with Gasteiger partial charge in [0.2, 0.25) is 0 Å². The van der Waals surface area contributed by atoms with Gasteiger partial charge in [-0.05, 0) is 17.2 Å². The van der Waals surface area contributed by atoms with E-state index in [0.717, 1.165) is 11.1 Å². The highest BCUT2D eigenvalue weighted by Gasteiger charge is 2.48. The van der Waals surface area contributed by atoms with Crippen LogP contribution in [0.4, 0.5) is 0 Å². The molecule has 2 aromatic carbocycles. The van der Waals surface area contributed by atoms with E-state index in [1.165, 1.54) is 11.8 Å². The predicted octanol–water partition coefficient (Wildman–Crippen LogP) is 3.18. The zero-order valence-corrected chi connectivity index (χ0v) is 17.4. The largest absolute Gasteiger partial charge is 0.342 e. The minimum Gasteiger partial charge on any atom is -0.342 e. The van der Waals surface area contributed by atoms with Crippen LogP contribution in [0, 0.1) is 0 Å². The van der Waals surface area contributed by atoms with Gasteiger partial charge in [-0.3, -0.25) is 4.79 Å². The topological polar surface area (TPSA) is 66.8 Å². The Morgan fingerprint density at radius 2 is 1.82 bits per heavy atom. The molecule has 2 heterocycles. The molecule has 0 aliphatic carbocycles. The number of hydrogen-bond donors (Lipinski definition) is 0. The molecular formula is C20H19ClN2O3S2. The fraction of sp³-hybridized carbons (Fsp3) is 0.300. The van der Waals surface area contributed by atoms with E-state index in [1.54, 1.807) is 6.07 Å². The number of benzene rings is 2. The average molecular weight is 435 g/mol. The Morgan fingerprint density at radius 1 is 1.11 bits per heavy atom. The monoisotopic (exact) mass is 434 g/mol. The Morgan fingerprint density at radius 3 is 2.57 bits per heavy atom. The maximum Gasteiger partial charge on any atom is 0.252 e. The fourth-order valence-electron chi connectivity index (χ4n) is 3.55. The maximum atomic E-state index is 12.5. The number of carbonyl (C=O) groups excluding carboxylic acids is 1. The molecule has 5 nitrogen and oxygen atoms in total. The Bertz CT molecular complexity index is 1020. The van der Waals surface area contributed by atoms with Gasteiger partial charge in [0.05, 0.1) is 24.0 Å². The van der Waals surface area contributed by atoms with Crippen molar-refractivity contribution in [1.29, 1.82) is 0 Å². The van der Waals surface area contributed by atoms with E-state index in [4.69, 9.17) is 11.6 Å². The number of hydrogen-bond acceptors (Lipinski definition) is 4. The Hall–Kier alpha value is -1.83. The lowest BCUT2D eigenvalue weighted by atomic mass is 10.1. The molecule has 4 rings (SSSR count). The van der Waals surface area contributed by atoms with E-state index in [0.29, 0.717) is 16.7 Å².